The van der Waals surface area contributed by atoms with Crippen LogP contribution in [0.2, 0.25) is 0 Å². The molecule has 1 aromatic heterocycles. The van der Waals surface area contributed by atoms with E-state index in [1.807, 2.05) is 36.4 Å². The molecule has 0 saturated carbocycles. The van der Waals surface area contributed by atoms with Crippen molar-refractivity contribution in [2.24, 2.45) is 0 Å². The molecule has 0 aliphatic carbocycles. The molecule has 0 bridgehead atoms. The summed E-state index contributed by atoms with van der Waals surface area (Å²) in [5, 5.41) is 0. The summed E-state index contributed by atoms with van der Waals surface area (Å²) in [4.78, 5) is 4.81. The maximum Gasteiger partial charge on any atom is 0.147 e. The number of rotatable bonds is 10. The van der Waals surface area contributed by atoms with Gasteiger partial charge in [0.25, 0.3) is 0 Å². The Balaban J connectivity index is 1.38. The van der Waals surface area contributed by atoms with Crippen LogP contribution in [0, 0.1) is 13.8 Å². The third-order valence-corrected chi connectivity index (χ3v) is 5.59. The lowest BCUT2D eigenvalue weighted by atomic mass is 10.1. The molecule has 166 valence electrons. The summed E-state index contributed by atoms with van der Waals surface area (Å²) in [5.41, 5.74) is 4.50. The zero-order chi connectivity index (χ0) is 22.3. The lowest BCUT2D eigenvalue weighted by molar-refractivity contribution is 0.284. The number of ether oxygens (including phenoxy) is 3. The Morgan fingerprint density at radius 1 is 0.781 bits per heavy atom. The van der Waals surface area contributed by atoms with Gasteiger partial charge in [-0.3, -0.25) is 0 Å². The summed E-state index contributed by atoms with van der Waals surface area (Å²) in [6.45, 7) is 6.18. The van der Waals surface area contributed by atoms with Gasteiger partial charge in [-0.15, -0.1) is 0 Å². The largest absolute Gasteiger partial charge is 0.497 e. The number of unbranched alkanes of at least 4 members (excludes halogenated alkanes) is 1. The molecule has 5 nitrogen and oxygen atoms in total. The summed E-state index contributed by atoms with van der Waals surface area (Å²) in [5.74, 6) is 3.55. The van der Waals surface area contributed by atoms with Crippen LogP contribution in [0.15, 0.2) is 66.7 Å². The number of fused-ring (bicyclic) bond motifs is 1. The highest BCUT2D eigenvalue weighted by molar-refractivity contribution is 5.75. The van der Waals surface area contributed by atoms with Crippen LogP contribution in [-0.2, 0) is 13.2 Å². The Morgan fingerprint density at radius 3 is 2.25 bits per heavy atom. The molecular formula is C27H30N2O3. The first-order valence-electron chi connectivity index (χ1n) is 11.1. The normalized spacial score (nSPS) is 11.0. The summed E-state index contributed by atoms with van der Waals surface area (Å²) in [7, 11) is 1.66. The third-order valence-electron chi connectivity index (χ3n) is 5.59. The van der Waals surface area contributed by atoms with Gasteiger partial charge in [-0.1, -0.05) is 30.3 Å². The van der Waals surface area contributed by atoms with E-state index in [4.69, 9.17) is 19.2 Å². The van der Waals surface area contributed by atoms with Crippen LogP contribution in [0.1, 0.15) is 29.8 Å². The first kappa shape index (κ1) is 21.8. The summed E-state index contributed by atoms with van der Waals surface area (Å²) in [6.07, 6.45) is 1.97. The monoisotopic (exact) mass is 430 g/mol. The van der Waals surface area contributed by atoms with E-state index in [1.165, 1.54) is 11.1 Å². The Hall–Kier alpha value is -3.47. The molecule has 0 fully saturated rings. The fraction of sp³-hybridized carbons (Fsp3) is 0.296. The first-order chi connectivity index (χ1) is 15.7. The number of hydrogen-bond acceptors (Lipinski definition) is 4. The van der Waals surface area contributed by atoms with Crippen molar-refractivity contribution in [2.75, 3.05) is 13.7 Å². The maximum atomic E-state index is 6.07. The molecule has 5 heteroatoms. The van der Waals surface area contributed by atoms with E-state index >= 15 is 0 Å². The van der Waals surface area contributed by atoms with E-state index in [0.717, 1.165) is 53.5 Å². The maximum absolute atomic E-state index is 6.07. The zero-order valence-corrected chi connectivity index (χ0v) is 19.0. The number of nitrogens with zero attached hydrogens (tertiary/aromatic N) is 2. The molecule has 4 rings (SSSR count). The smallest absolute Gasteiger partial charge is 0.147 e. The number of aromatic nitrogens is 2. The van der Waals surface area contributed by atoms with Crippen LogP contribution in [0.3, 0.4) is 0 Å². The highest BCUT2D eigenvalue weighted by atomic mass is 16.5. The number of methoxy groups -OCH3 is 1. The fourth-order valence-corrected chi connectivity index (χ4v) is 3.88. The molecule has 0 amide bonds. The van der Waals surface area contributed by atoms with Crippen molar-refractivity contribution < 1.29 is 14.2 Å². The van der Waals surface area contributed by atoms with Crippen LogP contribution in [0.5, 0.6) is 17.2 Å². The van der Waals surface area contributed by atoms with Crippen LogP contribution >= 0.6 is 0 Å². The Kier molecular flexibility index (Phi) is 6.95. The molecule has 0 aliphatic rings. The predicted molar refractivity (Wildman–Crippen MR) is 128 cm³/mol. The van der Waals surface area contributed by atoms with Crippen LogP contribution in [-0.4, -0.2) is 23.3 Å². The summed E-state index contributed by atoms with van der Waals surface area (Å²) >= 11 is 0. The highest BCUT2D eigenvalue weighted by Crippen LogP contribution is 2.23. The van der Waals surface area contributed by atoms with E-state index in [-0.39, 0.29) is 0 Å². The molecular weight excluding hydrogens is 400 g/mol. The standard InChI is InChI=1S/C27H30N2O3/c1-20-9-8-10-21(2)27(20)31-18-7-6-17-29-25-12-5-4-11-24(25)28-26(29)19-32-23-15-13-22(30-3)14-16-23/h4-5,8-16H,6-7,17-19H2,1-3H3. The topological polar surface area (TPSA) is 45.5 Å². The molecule has 0 saturated heterocycles. The third kappa shape index (κ3) is 5.05. The van der Waals surface area contributed by atoms with E-state index in [1.54, 1.807) is 7.11 Å². The Morgan fingerprint density at radius 2 is 1.50 bits per heavy atom. The van der Waals surface area contributed by atoms with Gasteiger partial charge < -0.3 is 18.8 Å². The Bertz CT molecular complexity index is 1150. The minimum atomic E-state index is 0.417. The molecule has 3 aromatic carbocycles. The van der Waals surface area contributed by atoms with Gasteiger partial charge in [-0.25, -0.2) is 4.98 Å². The minimum absolute atomic E-state index is 0.417. The number of para-hydroxylation sites is 3. The van der Waals surface area contributed by atoms with Crippen LogP contribution < -0.4 is 14.2 Å². The van der Waals surface area contributed by atoms with Gasteiger partial charge in [-0.05, 0) is 74.2 Å². The van der Waals surface area contributed by atoms with Crippen molar-refractivity contribution in [3.8, 4) is 17.2 Å². The van der Waals surface area contributed by atoms with Crippen molar-refractivity contribution >= 4 is 11.0 Å². The first-order valence-corrected chi connectivity index (χ1v) is 11.1. The van der Waals surface area contributed by atoms with Gasteiger partial charge in [0.1, 0.15) is 29.7 Å². The Labute approximate surface area is 189 Å². The van der Waals surface area contributed by atoms with Crippen molar-refractivity contribution in [3.05, 3.63) is 83.7 Å². The average Bonchev–Trinajstić information content (AvgIpc) is 3.17. The average molecular weight is 431 g/mol. The molecule has 1 heterocycles. The minimum Gasteiger partial charge on any atom is -0.497 e. The SMILES string of the molecule is COc1ccc(OCc2nc3ccccc3n2CCCCOc2c(C)cccc2C)cc1. The molecule has 0 radical (unpaired) electrons. The van der Waals surface area contributed by atoms with Gasteiger partial charge in [0, 0.05) is 6.54 Å². The number of aryl methyl sites for hydroxylation is 3. The summed E-state index contributed by atoms with van der Waals surface area (Å²) < 4.78 is 19.6. The van der Waals surface area contributed by atoms with Crippen molar-refractivity contribution in [1.29, 1.82) is 0 Å². The lowest BCUT2D eigenvalue weighted by Crippen LogP contribution is -2.09. The van der Waals surface area contributed by atoms with Gasteiger partial charge in [0.15, 0.2) is 0 Å². The molecule has 0 spiro atoms. The van der Waals surface area contributed by atoms with Gasteiger partial charge in [0.2, 0.25) is 0 Å². The quantitative estimate of drug-likeness (QED) is 0.285. The molecule has 0 aliphatic heterocycles. The van der Waals surface area contributed by atoms with E-state index in [2.05, 4.69) is 48.7 Å². The zero-order valence-electron chi connectivity index (χ0n) is 19.0. The predicted octanol–water partition coefficient (Wildman–Crippen LogP) is 6.10. The fourth-order valence-electron chi connectivity index (χ4n) is 3.88. The highest BCUT2D eigenvalue weighted by Gasteiger charge is 2.11. The van der Waals surface area contributed by atoms with Crippen molar-refractivity contribution in [3.63, 3.8) is 0 Å². The molecule has 0 N–H and O–H groups in total. The van der Waals surface area contributed by atoms with Gasteiger partial charge >= 0.3 is 0 Å². The van der Waals surface area contributed by atoms with E-state index < -0.39 is 0 Å². The molecule has 0 atom stereocenters. The van der Waals surface area contributed by atoms with Crippen molar-refractivity contribution in [2.45, 2.75) is 39.8 Å². The molecule has 0 unspecified atom stereocenters. The second-order valence-electron chi connectivity index (χ2n) is 7.91. The summed E-state index contributed by atoms with van der Waals surface area (Å²) in [6, 6.07) is 22.1. The second kappa shape index (κ2) is 10.2. The van der Waals surface area contributed by atoms with Crippen LogP contribution in [0.25, 0.3) is 11.0 Å². The van der Waals surface area contributed by atoms with Crippen LogP contribution in [0.4, 0.5) is 0 Å². The van der Waals surface area contributed by atoms with E-state index in [0.29, 0.717) is 13.2 Å². The second-order valence-corrected chi connectivity index (χ2v) is 7.91. The van der Waals surface area contributed by atoms with Gasteiger partial charge in [-0.2, -0.15) is 0 Å². The number of imidazole rings is 1. The number of hydrogen-bond donors (Lipinski definition) is 0. The number of benzene rings is 3. The van der Waals surface area contributed by atoms with E-state index in [9.17, 15) is 0 Å². The van der Waals surface area contributed by atoms with Gasteiger partial charge in [0.05, 0.1) is 24.8 Å². The molecule has 4 aromatic rings. The van der Waals surface area contributed by atoms with Crippen molar-refractivity contribution in [1.82, 2.24) is 9.55 Å². The molecule has 32 heavy (non-hydrogen) atoms. The lowest BCUT2D eigenvalue weighted by Gasteiger charge is -2.13.